The smallest absolute Gasteiger partial charge is 0.435 e. The zero-order valence-electron chi connectivity index (χ0n) is 22.9. The number of hydrogen-bond acceptors (Lipinski definition) is 7. The van der Waals surface area contributed by atoms with Gasteiger partial charge in [0.2, 0.25) is 0 Å². The van der Waals surface area contributed by atoms with E-state index in [1.165, 1.54) is 9.25 Å². The van der Waals surface area contributed by atoms with E-state index in [2.05, 4.69) is 10.1 Å². The summed E-state index contributed by atoms with van der Waals surface area (Å²) in [6, 6.07) is 9.19. The van der Waals surface area contributed by atoms with E-state index >= 15 is 0 Å². The van der Waals surface area contributed by atoms with Crippen molar-refractivity contribution in [1.82, 2.24) is 24.2 Å². The lowest BCUT2D eigenvalue weighted by Crippen LogP contribution is -2.28. The first-order valence-corrected chi connectivity index (χ1v) is 12.1. The van der Waals surface area contributed by atoms with Crippen molar-refractivity contribution in [2.45, 2.75) is 59.3 Å². The quantitative estimate of drug-likeness (QED) is 0.381. The Balaban J connectivity index is 1.99. The Morgan fingerprint density at radius 1 is 0.946 bits per heavy atom. The van der Waals surface area contributed by atoms with E-state index in [0.717, 1.165) is 11.1 Å². The van der Waals surface area contributed by atoms with Crippen molar-refractivity contribution in [3.63, 3.8) is 0 Å². The number of aromatic amines is 1. The third-order valence-corrected chi connectivity index (χ3v) is 5.40. The Kier molecular flexibility index (Phi) is 6.58. The molecule has 0 saturated heterocycles. The van der Waals surface area contributed by atoms with Gasteiger partial charge in [0.1, 0.15) is 22.6 Å². The molecule has 10 heteroatoms. The van der Waals surface area contributed by atoms with Crippen LogP contribution in [0.2, 0.25) is 0 Å². The molecule has 1 N–H and O–H groups in total. The van der Waals surface area contributed by atoms with Crippen molar-refractivity contribution >= 4 is 34.1 Å². The van der Waals surface area contributed by atoms with Crippen molar-refractivity contribution in [3.8, 4) is 17.1 Å². The van der Waals surface area contributed by atoms with Crippen molar-refractivity contribution in [3.05, 3.63) is 36.0 Å². The third-order valence-electron chi connectivity index (χ3n) is 5.40. The van der Waals surface area contributed by atoms with E-state index in [4.69, 9.17) is 14.2 Å². The predicted octanol–water partition coefficient (Wildman–Crippen LogP) is 5.62. The molecule has 37 heavy (non-hydrogen) atoms. The standard InChI is InChI=1S/C27H35N5O5/c1-26(2,3)36-24(33)31-19-14-18(35-9)11-10-16(19)12-20(31)23-22-21(13-17(28-22)15-30(7)8)32(29-23)25(34)37-27(4,5)6/h10-14,28H,15H2,1-9H3. The maximum atomic E-state index is 13.5. The first-order chi connectivity index (χ1) is 17.2. The highest BCUT2D eigenvalue weighted by atomic mass is 16.6. The second-order valence-corrected chi connectivity index (χ2v) is 11.3. The van der Waals surface area contributed by atoms with Gasteiger partial charge in [-0.1, -0.05) is 0 Å². The lowest BCUT2D eigenvalue weighted by atomic mass is 10.2. The molecule has 3 aromatic heterocycles. The number of nitrogens with zero attached hydrogens (tertiary/aromatic N) is 4. The first kappa shape index (κ1) is 26.3. The summed E-state index contributed by atoms with van der Waals surface area (Å²) in [4.78, 5) is 32.1. The molecule has 0 bridgehead atoms. The van der Waals surface area contributed by atoms with E-state index in [-0.39, 0.29) is 0 Å². The molecule has 0 amide bonds. The molecule has 10 nitrogen and oxygen atoms in total. The minimum absolute atomic E-state index is 0.423. The minimum Gasteiger partial charge on any atom is -0.497 e. The van der Waals surface area contributed by atoms with Crippen LogP contribution >= 0.6 is 0 Å². The average molecular weight is 510 g/mol. The van der Waals surface area contributed by atoms with E-state index < -0.39 is 23.4 Å². The molecule has 4 rings (SSSR count). The van der Waals surface area contributed by atoms with E-state index in [0.29, 0.717) is 40.2 Å². The van der Waals surface area contributed by atoms with Crippen LogP contribution in [-0.4, -0.2) is 68.8 Å². The molecule has 0 aliphatic carbocycles. The van der Waals surface area contributed by atoms with Crippen molar-refractivity contribution in [1.29, 1.82) is 0 Å². The number of carbonyl (C=O) groups is 2. The minimum atomic E-state index is -0.722. The third kappa shape index (κ3) is 5.48. The number of fused-ring (bicyclic) bond motifs is 2. The highest BCUT2D eigenvalue weighted by Crippen LogP contribution is 2.35. The monoisotopic (exact) mass is 509 g/mol. The summed E-state index contributed by atoms with van der Waals surface area (Å²) < 4.78 is 19.5. The Morgan fingerprint density at radius 2 is 1.59 bits per heavy atom. The fourth-order valence-corrected chi connectivity index (χ4v) is 4.09. The molecular weight excluding hydrogens is 474 g/mol. The van der Waals surface area contributed by atoms with Crippen molar-refractivity contribution in [2.24, 2.45) is 0 Å². The van der Waals surface area contributed by atoms with Gasteiger partial charge in [-0.15, -0.1) is 0 Å². The number of methoxy groups -OCH3 is 1. The summed E-state index contributed by atoms with van der Waals surface area (Å²) >= 11 is 0. The molecule has 0 unspecified atom stereocenters. The van der Waals surface area contributed by atoms with Crippen LogP contribution in [0.4, 0.5) is 9.59 Å². The Bertz CT molecular complexity index is 1480. The van der Waals surface area contributed by atoms with Gasteiger partial charge < -0.3 is 24.1 Å². The normalized spacial score (nSPS) is 12.5. The largest absolute Gasteiger partial charge is 0.497 e. The van der Waals surface area contributed by atoms with Crippen LogP contribution in [-0.2, 0) is 16.0 Å². The predicted molar refractivity (Wildman–Crippen MR) is 142 cm³/mol. The molecule has 1 aromatic carbocycles. The molecule has 0 aliphatic heterocycles. The van der Waals surface area contributed by atoms with Gasteiger partial charge in [-0.25, -0.2) is 14.2 Å². The average Bonchev–Trinajstić information content (AvgIpc) is 3.40. The van der Waals surface area contributed by atoms with Crippen LogP contribution in [0.1, 0.15) is 47.2 Å². The summed E-state index contributed by atoms with van der Waals surface area (Å²) in [5.74, 6) is 0.597. The lowest BCUT2D eigenvalue weighted by Gasteiger charge is -2.21. The topological polar surface area (TPSA) is 104 Å². The van der Waals surface area contributed by atoms with Gasteiger partial charge in [0.05, 0.1) is 29.4 Å². The molecule has 0 radical (unpaired) electrons. The van der Waals surface area contributed by atoms with Gasteiger partial charge in [0.15, 0.2) is 0 Å². The SMILES string of the molecule is COc1ccc2cc(-c3nn(C(=O)OC(C)(C)C)c4cc(CN(C)C)[nH]c34)n(C(=O)OC(C)(C)C)c2c1. The summed E-state index contributed by atoms with van der Waals surface area (Å²) in [6.07, 6.45) is -1.17. The maximum Gasteiger partial charge on any atom is 0.435 e. The van der Waals surface area contributed by atoms with Crippen LogP contribution in [0.25, 0.3) is 33.3 Å². The van der Waals surface area contributed by atoms with Crippen molar-refractivity contribution < 1.29 is 23.8 Å². The first-order valence-electron chi connectivity index (χ1n) is 12.1. The van der Waals surface area contributed by atoms with Gasteiger partial charge in [0.25, 0.3) is 0 Å². The van der Waals surface area contributed by atoms with Crippen LogP contribution in [0.15, 0.2) is 30.3 Å². The summed E-state index contributed by atoms with van der Waals surface area (Å²) in [7, 11) is 5.49. The van der Waals surface area contributed by atoms with Crippen LogP contribution < -0.4 is 4.74 Å². The number of nitrogens with one attached hydrogen (secondary N) is 1. The molecule has 0 spiro atoms. The number of aromatic nitrogens is 4. The van der Waals surface area contributed by atoms with Crippen LogP contribution in [0.5, 0.6) is 5.75 Å². The highest BCUT2D eigenvalue weighted by Gasteiger charge is 2.29. The molecule has 0 saturated carbocycles. The van der Waals surface area contributed by atoms with Gasteiger partial charge >= 0.3 is 12.2 Å². The van der Waals surface area contributed by atoms with E-state index in [1.54, 1.807) is 33.9 Å². The van der Waals surface area contributed by atoms with Crippen LogP contribution in [0, 0.1) is 0 Å². The fourth-order valence-electron chi connectivity index (χ4n) is 4.09. The molecule has 4 aromatic rings. The highest BCUT2D eigenvalue weighted by molar-refractivity contribution is 6.02. The van der Waals surface area contributed by atoms with Crippen LogP contribution in [0.3, 0.4) is 0 Å². The van der Waals surface area contributed by atoms with Crippen molar-refractivity contribution in [2.75, 3.05) is 21.2 Å². The Labute approximate surface area is 216 Å². The van der Waals surface area contributed by atoms with Gasteiger partial charge in [-0.3, -0.25) is 0 Å². The zero-order chi connectivity index (χ0) is 27.3. The van der Waals surface area contributed by atoms with Gasteiger partial charge in [-0.05, 0) is 79.9 Å². The Morgan fingerprint density at radius 3 is 2.19 bits per heavy atom. The van der Waals surface area contributed by atoms with E-state index in [9.17, 15) is 9.59 Å². The van der Waals surface area contributed by atoms with Gasteiger partial charge in [0, 0.05) is 23.7 Å². The summed E-state index contributed by atoms with van der Waals surface area (Å²) in [5, 5.41) is 5.43. The molecule has 0 aliphatic rings. The number of benzene rings is 1. The second-order valence-electron chi connectivity index (χ2n) is 11.3. The molecule has 0 atom stereocenters. The lowest BCUT2D eigenvalue weighted by molar-refractivity contribution is 0.0520. The van der Waals surface area contributed by atoms with E-state index in [1.807, 2.05) is 64.0 Å². The second kappa shape index (κ2) is 9.26. The number of rotatable bonds is 4. The zero-order valence-corrected chi connectivity index (χ0v) is 22.9. The number of carbonyl (C=O) groups excluding carboxylic acids is 2. The molecule has 198 valence electrons. The van der Waals surface area contributed by atoms with Gasteiger partial charge in [-0.2, -0.15) is 9.78 Å². The maximum absolute atomic E-state index is 13.5. The fraction of sp³-hybridized carbons (Fsp3) is 0.444. The number of H-pyrrole nitrogens is 1. The molecule has 0 fully saturated rings. The Hall–Kier alpha value is -3.79. The summed E-state index contributed by atoms with van der Waals surface area (Å²) in [5.41, 5.74) is 2.12. The number of hydrogen-bond donors (Lipinski definition) is 1. The summed E-state index contributed by atoms with van der Waals surface area (Å²) in [6.45, 7) is 11.5. The molecule has 3 heterocycles. The molecular formula is C27H35N5O5. The number of ether oxygens (including phenoxy) is 3.